The van der Waals surface area contributed by atoms with Crippen molar-refractivity contribution < 1.29 is 39.6 Å². The lowest BCUT2D eigenvalue weighted by Gasteiger charge is -2.36. The smallest absolute Gasteiger partial charge is 0.317 e. The third kappa shape index (κ3) is 11.9. The summed E-state index contributed by atoms with van der Waals surface area (Å²) in [6.45, 7) is 1.19. The van der Waals surface area contributed by atoms with Gasteiger partial charge in [-0.1, -0.05) is 12.1 Å². The lowest BCUT2D eigenvalue weighted by Crippen LogP contribution is -2.51. The Kier molecular flexibility index (Phi) is 12.9. The quantitative estimate of drug-likeness (QED) is 0.178. The summed E-state index contributed by atoms with van der Waals surface area (Å²) in [7, 11) is 0. The van der Waals surface area contributed by atoms with E-state index in [1.165, 1.54) is 4.90 Å². The van der Waals surface area contributed by atoms with Crippen LogP contribution >= 0.6 is 12.2 Å². The van der Waals surface area contributed by atoms with Crippen LogP contribution in [-0.4, -0.2) is 147 Å². The lowest BCUT2D eigenvalue weighted by molar-refractivity contribution is -0.142. The highest BCUT2D eigenvalue weighted by Gasteiger charge is 2.27. The number of aliphatic imine (C=N–C) groups is 1. The Morgan fingerprint density at radius 2 is 1.29 bits per heavy atom. The molecule has 1 aromatic rings. The summed E-state index contributed by atoms with van der Waals surface area (Å²) in [6.07, 6.45) is 0.440. The number of rotatable bonds is 14. The molecule has 1 atom stereocenters. The van der Waals surface area contributed by atoms with Gasteiger partial charge in [0.05, 0.1) is 37.0 Å². The van der Waals surface area contributed by atoms with E-state index >= 15 is 0 Å². The van der Waals surface area contributed by atoms with E-state index < -0.39 is 37.0 Å². The van der Waals surface area contributed by atoms with E-state index in [4.69, 9.17) is 0 Å². The van der Waals surface area contributed by atoms with Gasteiger partial charge in [0, 0.05) is 51.9 Å². The lowest BCUT2D eigenvalue weighted by atomic mass is 10.0. The molecule has 0 aliphatic carbocycles. The van der Waals surface area contributed by atoms with Gasteiger partial charge in [-0.2, -0.15) is 4.99 Å². The van der Waals surface area contributed by atoms with Gasteiger partial charge < -0.3 is 20.4 Å². The molecule has 1 aliphatic heterocycles. The normalized spacial score (nSPS) is 16.6. The Bertz CT molecular complexity index is 974. The van der Waals surface area contributed by atoms with Crippen molar-refractivity contribution in [3.8, 4) is 0 Å². The molecule has 38 heavy (non-hydrogen) atoms. The molecule has 0 spiro atoms. The van der Waals surface area contributed by atoms with E-state index in [0.29, 0.717) is 51.4 Å². The number of hydrogen-bond donors (Lipinski definition) is 4. The van der Waals surface area contributed by atoms with E-state index in [2.05, 4.69) is 27.3 Å². The number of carboxylic acid groups (broad SMARTS) is 4. The number of isothiocyanates is 1. The second-order valence-electron chi connectivity index (χ2n) is 9.06. The molecule has 2 rings (SSSR count). The molecule has 0 aromatic heterocycles. The molecule has 1 heterocycles. The van der Waals surface area contributed by atoms with Crippen LogP contribution in [0.1, 0.15) is 5.56 Å². The van der Waals surface area contributed by atoms with Gasteiger partial charge >= 0.3 is 23.9 Å². The van der Waals surface area contributed by atoms with Crippen LogP contribution in [0.25, 0.3) is 0 Å². The summed E-state index contributed by atoms with van der Waals surface area (Å²) in [5.41, 5.74) is 1.52. The Hall–Kier alpha value is -3.26. The van der Waals surface area contributed by atoms with Crippen molar-refractivity contribution in [1.29, 1.82) is 0 Å². The second-order valence-corrected chi connectivity index (χ2v) is 9.24. The summed E-state index contributed by atoms with van der Waals surface area (Å²) < 4.78 is 0. The third-order valence-corrected chi connectivity index (χ3v) is 6.23. The Morgan fingerprint density at radius 1 is 0.816 bits per heavy atom. The molecule has 1 aromatic carbocycles. The van der Waals surface area contributed by atoms with Crippen LogP contribution in [0.15, 0.2) is 29.3 Å². The van der Waals surface area contributed by atoms with Gasteiger partial charge in [0.2, 0.25) is 0 Å². The average Bonchev–Trinajstić information content (AvgIpc) is 2.90. The van der Waals surface area contributed by atoms with Crippen molar-refractivity contribution in [3.05, 3.63) is 29.8 Å². The Balaban J connectivity index is 2.36. The summed E-state index contributed by atoms with van der Waals surface area (Å²) in [5, 5.41) is 39.7. The minimum absolute atomic E-state index is 0.121. The zero-order valence-corrected chi connectivity index (χ0v) is 21.8. The van der Waals surface area contributed by atoms with Gasteiger partial charge in [-0.05, 0) is 36.3 Å². The first-order chi connectivity index (χ1) is 18.0. The van der Waals surface area contributed by atoms with E-state index in [1.807, 2.05) is 12.1 Å². The van der Waals surface area contributed by atoms with Crippen LogP contribution in [0.3, 0.4) is 0 Å². The average molecular weight is 552 g/mol. The molecule has 0 saturated carbocycles. The maximum Gasteiger partial charge on any atom is 0.317 e. The molecule has 13 nitrogen and oxygen atoms in total. The molecule has 1 fully saturated rings. The molecule has 0 bridgehead atoms. The molecular weight excluding hydrogens is 518 g/mol. The van der Waals surface area contributed by atoms with Crippen LogP contribution in [-0.2, 0) is 25.6 Å². The standard InChI is InChI=1S/C24H33N5O8S/c30-21(31)13-26-5-6-27(14-22(32)33)8-10-29(9-7-26)20(12-28(15-23(34)35)16-24(36)37)11-18-1-3-19(4-2-18)25-17-38/h1-4,20H,5-16H2,(H,30,31)(H,32,33)(H,34,35)(H,36,37). The largest absolute Gasteiger partial charge is 0.480 e. The van der Waals surface area contributed by atoms with E-state index in [-0.39, 0.29) is 25.7 Å². The van der Waals surface area contributed by atoms with Crippen LogP contribution < -0.4 is 0 Å². The minimum atomic E-state index is -1.16. The van der Waals surface area contributed by atoms with Gasteiger partial charge in [0.1, 0.15) is 0 Å². The fourth-order valence-corrected chi connectivity index (χ4v) is 4.53. The highest BCUT2D eigenvalue weighted by Crippen LogP contribution is 2.17. The maximum atomic E-state index is 11.4. The van der Waals surface area contributed by atoms with Crippen LogP contribution in [0.4, 0.5) is 5.69 Å². The number of thiocarbonyl (C=S) groups is 1. The molecule has 0 radical (unpaired) electrons. The molecule has 1 saturated heterocycles. The number of carbonyl (C=O) groups is 4. The first kappa shape index (κ1) is 31.0. The number of hydrogen-bond acceptors (Lipinski definition) is 10. The van der Waals surface area contributed by atoms with Crippen molar-refractivity contribution >= 4 is 46.9 Å². The van der Waals surface area contributed by atoms with Crippen molar-refractivity contribution in [2.24, 2.45) is 4.99 Å². The summed E-state index contributed by atoms with van der Waals surface area (Å²) >= 11 is 4.64. The highest BCUT2D eigenvalue weighted by atomic mass is 32.1. The molecule has 1 unspecified atom stereocenters. The van der Waals surface area contributed by atoms with Gasteiger partial charge in [-0.3, -0.25) is 38.8 Å². The zero-order chi connectivity index (χ0) is 28.1. The topological polar surface area (TPSA) is 175 Å². The van der Waals surface area contributed by atoms with Crippen molar-refractivity contribution in [2.45, 2.75) is 12.5 Å². The molecular formula is C24H33N5O8S. The first-order valence-electron chi connectivity index (χ1n) is 12.0. The number of nitrogens with zero attached hydrogens (tertiary/aromatic N) is 5. The molecule has 208 valence electrons. The fraction of sp³-hybridized carbons (Fsp3) is 0.542. The van der Waals surface area contributed by atoms with E-state index in [9.17, 15) is 39.6 Å². The van der Waals surface area contributed by atoms with Gasteiger partial charge in [-0.15, -0.1) is 0 Å². The van der Waals surface area contributed by atoms with Gasteiger partial charge in [0.15, 0.2) is 0 Å². The summed E-state index contributed by atoms with van der Waals surface area (Å²) in [6, 6.07) is 6.88. The number of carboxylic acids is 4. The minimum Gasteiger partial charge on any atom is -0.480 e. The molecule has 0 amide bonds. The van der Waals surface area contributed by atoms with Crippen molar-refractivity contribution in [3.63, 3.8) is 0 Å². The predicted molar refractivity (Wildman–Crippen MR) is 140 cm³/mol. The summed E-state index contributed by atoms with van der Waals surface area (Å²) in [5.74, 6) is -4.30. The first-order valence-corrected chi connectivity index (χ1v) is 12.4. The monoisotopic (exact) mass is 551 g/mol. The molecule has 1 aliphatic rings. The van der Waals surface area contributed by atoms with Gasteiger partial charge in [-0.25, -0.2) is 0 Å². The zero-order valence-electron chi connectivity index (χ0n) is 20.9. The second kappa shape index (κ2) is 15.9. The Labute approximate surface area is 225 Å². The van der Waals surface area contributed by atoms with Crippen LogP contribution in [0, 0.1) is 0 Å². The maximum absolute atomic E-state index is 11.4. The van der Waals surface area contributed by atoms with E-state index in [1.54, 1.807) is 21.9 Å². The van der Waals surface area contributed by atoms with Crippen molar-refractivity contribution in [2.75, 3.05) is 72.0 Å². The summed E-state index contributed by atoms with van der Waals surface area (Å²) in [4.78, 5) is 56.5. The predicted octanol–water partition coefficient (Wildman–Crippen LogP) is -0.108. The van der Waals surface area contributed by atoms with Crippen molar-refractivity contribution in [1.82, 2.24) is 19.6 Å². The molecule has 14 heteroatoms. The van der Waals surface area contributed by atoms with Crippen LogP contribution in [0.2, 0.25) is 0 Å². The third-order valence-electron chi connectivity index (χ3n) is 6.14. The van der Waals surface area contributed by atoms with E-state index in [0.717, 1.165) is 5.56 Å². The molecule has 4 N–H and O–H groups in total. The fourth-order valence-electron chi connectivity index (χ4n) is 4.43. The van der Waals surface area contributed by atoms with Gasteiger partial charge in [0.25, 0.3) is 0 Å². The van der Waals surface area contributed by atoms with Crippen LogP contribution in [0.5, 0.6) is 0 Å². The number of aliphatic carboxylic acids is 4. The SMILES string of the molecule is O=C(O)CN1CCN(CC(=O)O)CCN(C(Cc2ccc(N=C=S)cc2)CN(CC(=O)O)CC(=O)O)CC1. The Morgan fingerprint density at radius 3 is 1.71 bits per heavy atom. The highest BCUT2D eigenvalue weighted by molar-refractivity contribution is 7.78. The number of benzene rings is 1.